The molecule has 0 aliphatic heterocycles. The molecule has 4 heteroatoms. The minimum atomic E-state index is -0.923. The summed E-state index contributed by atoms with van der Waals surface area (Å²) in [5.74, 6) is 0.164. The van der Waals surface area contributed by atoms with E-state index in [9.17, 15) is 9.90 Å². The summed E-state index contributed by atoms with van der Waals surface area (Å²) in [6.45, 7) is 4.09. The zero-order valence-electron chi connectivity index (χ0n) is 10.9. The van der Waals surface area contributed by atoms with Crippen molar-refractivity contribution in [3.8, 4) is 0 Å². The second kappa shape index (κ2) is 5.38. The maximum Gasteiger partial charge on any atom is 0.339 e. The summed E-state index contributed by atoms with van der Waals surface area (Å²) in [7, 11) is 0. The van der Waals surface area contributed by atoms with Crippen LogP contribution in [0.2, 0.25) is 0 Å². The van der Waals surface area contributed by atoms with E-state index in [1.54, 1.807) is 12.1 Å². The van der Waals surface area contributed by atoms with Gasteiger partial charge in [0.1, 0.15) is 11.4 Å². The van der Waals surface area contributed by atoms with E-state index in [4.69, 9.17) is 0 Å². The zero-order valence-corrected chi connectivity index (χ0v) is 10.9. The van der Waals surface area contributed by atoms with Crippen molar-refractivity contribution in [2.75, 3.05) is 5.32 Å². The number of anilines is 1. The van der Waals surface area contributed by atoms with Crippen molar-refractivity contribution in [2.24, 2.45) is 5.92 Å². The summed E-state index contributed by atoms with van der Waals surface area (Å²) < 4.78 is 0. The molecule has 18 heavy (non-hydrogen) atoms. The number of hydrogen-bond donors (Lipinski definition) is 2. The average molecular weight is 248 g/mol. The molecule has 0 radical (unpaired) electrons. The van der Waals surface area contributed by atoms with Crippen LogP contribution in [0.1, 0.15) is 48.7 Å². The lowest BCUT2D eigenvalue weighted by molar-refractivity contribution is 0.0697. The van der Waals surface area contributed by atoms with Crippen molar-refractivity contribution in [1.82, 2.24) is 4.98 Å². The van der Waals surface area contributed by atoms with Gasteiger partial charge in [0.15, 0.2) is 0 Å². The van der Waals surface area contributed by atoms with Gasteiger partial charge in [-0.05, 0) is 37.8 Å². The molecule has 2 rings (SSSR count). The lowest BCUT2D eigenvalue weighted by Crippen LogP contribution is -2.31. The molecule has 2 unspecified atom stereocenters. The predicted octanol–water partition coefficient (Wildman–Crippen LogP) is 3.08. The molecule has 1 aliphatic rings. The molecule has 0 saturated heterocycles. The van der Waals surface area contributed by atoms with Gasteiger partial charge in [-0.1, -0.05) is 19.8 Å². The Morgan fingerprint density at radius 2 is 2.11 bits per heavy atom. The Morgan fingerprint density at radius 1 is 1.39 bits per heavy atom. The van der Waals surface area contributed by atoms with Crippen molar-refractivity contribution in [1.29, 1.82) is 0 Å². The molecule has 1 saturated carbocycles. The number of aromatic carboxylic acids is 1. The van der Waals surface area contributed by atoms with Crippen molar-refractivity contribution < 1.29 is 9.90 Å². The van der Waals surface area contributed by atoms with Crippen molar-refractivity contribution >= 4 is 11.8 Å². The molecule has 1 aromatic rings. The van der Waals surface area contributed by atoms with Crippen molar-refractivity contribution in [3.63, 3.8) is 0 Å². The summed E-state index contributed by atoms with van der Waals surface area (Å²) >= 11 is 0. The van der Waals surface area contributed by atoms with E-state index >= 15 is 0 Å². The second-order valence-electron chi connectivity index (χ2n) is 5.17. The summed E-state index contributed by atoms with van der Waals surface area (Å²) in [5.41, 5.74) is 1.10. The number of carboxylic acids is 1. The Balaban J connectivity index is 2.21. The first-order valence-corrected chi connectivity index (χ1v) is 6.55. The second-order valence-corrected chi connectivity index (χ2v) is 5.17. The van der Waals surface area contributed by atoms with Crippen LogP contribution in [-0.2, 0) is 0 Å². The van der Waals surface area contributed by atoms with Gasteiger partial charge in [-0.3, -0.25) is 0 Å². The number of pyridine rings is 1. The van der Waals surface area contributed by atoms with Crippen LogP contribution >= 0.6 is 0 Å². The van der Waals surface area contributed by atoms with E-state index in [2.05, 4.69) is 17.2 Å². The largest absolute Gasteiger partial charge is 0.478 e. The number of rotatable bonds is 3. The number of aromatic nitrogens is 1. The normalized spacial score (nSPS) is 23.7. The molecule has 0 amide bonds. The maximum atomic E-state index is 11.2. The van der Waals surface area contributed by atoms with Crippen LogP contribution < -0.4 is 5.32 Å². The molecule has 0 bridgehead atoms. The summed E-state index contributed by atoms with van der Waals surface area (Å²) in [4.78, 5) is 15.5. The number of nitrogens with zero attached hydrogens (tertiary/aromatic N) is 1. The van der Waals surface area contributed by atoms with Crippen LogP contribution in [0.3, 0.4) is 0 Å². The summed E-state index contributed by atoms with van der Waals surface area (Å²) in [5, 5.41) is 12.5. The molecule has 4 nitrogen and oxygen atoms in total. The maximum absolute atomic E-state index is 11.2. The highest BCUT2D eigenvalue weighted by Crippen LogP contribution is 2.27. The first-order valence-electron chi connectivity index (χ1n) is 6.55. The van der Waals surface area contributed by atoms with Gasteiger partial charge in [-0.2, -0.15) is 0 Å². The molecular weight excluding hydrogens is 228 g/mol. The average Bonchev–Trinajstić information content (AvgIpc) is 2.32. The van der Waals surface area contributed by atoms with Gasteiger partial charge in [0, 0.05) is 11.7 Å². The Hall–Kier alpha value is -1.58. The highest BCUT2D eigenvalue weighted by molar-refractivity contribution is 5.93. The monoisotopic (exact) mass is 248 g/mol. The van der Waals surface area contributed by atoms with Gasteiger partial charge in [-0.25, -0.2) is 9.78 Å². The number of carbonyl (C=O) groups is 1. The van der Waals surface area contributed by atoms with E-state index in [0.29, 0.717) is 17.8 Å². The van der Waals surface area contributed by atoms with Crippen LogP contribution in [0.15, 0.2) is 12.1 Å². The van der Waals surface area contributed by atoms with E-state index < -0.39 is 5.97 Å². The lowest BCUT2D eigenvalue weighted by atomic mass is 9.86. The Labute approximate surface area is 107 Å². The molecule has 0 spiro atoms. The smallest absolute Gasteiger partial charge is 0.339 e. The fourth-order valence-electron chi connectivity index (χ4n) is 2.55. The zero-order chi connectivity index (χ0) is 13.1. The third-order valence-electron chi connectivity index (χ3n) is 3.70. The number of hydrogen-bond acceptors (Lipinski definition) is 3. The molecule has 1 fully saturated rings. The summed E-state index contributed by atoms with van der Waals surface area (Å²) in [6.07, 6.45) is 4.77. The van der Waals surface area contributed by atoms with Gasteiger partial charge < -0.3 is 10.4 Å². The number of aryl methyl sites for hydroxylation is 1. The van der Waals surface area contributed by atoms with Gasteiger partial charge in [0.2, 0.25) is 0 Å². The summed E-state index contributed by atoms with van der Waals surface area (Å²) in [6, 6.07) is 3.70. The number of carboxylic acid groups (broad SMARTS) is 1. The molecule has 1 aliphatic carbocycles. The van der Waals surface area contributed by atoms with Gasteiger partial charge in [0.25, 0.3) is 0 Å². The quantitative estimate of drug-likeness (QED) is 0.863. The van der Waals surface area contributed by atoms with E-state index in [0.717, 1.165) is 12.1 Å². The van der Waals surface area contributed by atoms with Crippen LogP contribution in [0.25, 0.3) is 0 Å². The molecule has 1 heterocycles. The van der Waals surface area contributed by atoms with Crippen LogP contribution in [0.5, 0.6) is 0 Å². The van der Waals surface area contributed by atoms with Gasteiger partial charge in [0.05, 0.1) is 0 Å². The molecule has 2 N–H and O–H groups in total. The topological polar surface area (TPSA) is 62.2 Å². The standard InChI is InChI=1S/C14H20N2O2/c1-9-5-3-4-6-12(9)16-13-11(14(17)18)8-7-10(2)15-13/h7-9,12H,3-6H2,1-2H3,(H,15,16)(H,17,18). The first-order chi connectivity index (χ1) is 8.58. The van der Waals surface area contributed by atoms with Crippen LogP contribution in [-0.4, -0.2) is 22.1 Å². The van der Waals surface area contributed by atoms with E-state index in [1.165, 1.54) is 19.3 Å². The van der Waals surface area contributed by atoms with E-state index in [-0.39, 0.29) is 5.56 Å². The highest BCUT2D eigenvalue weighted by atomic mass is 16.4. The minimum absolute atomic E-state index is 0.262. The number of nitrogens with one attached hydrogen (secondary N) is 1. The molecular formula is C14H20N2O2. The van der Waals surface area contributed by atoms with Gasteiger partial charge >= 0.3 is 5.97 Å². The fourth-order valence-corrected chi connectivity index (χ4v) is 2.55. The molecule has 2 atom stereocenters. The predicted molar refractivity (Wildman–Crippen MR) is 71.0 cm³/mol. The Bertz CT molecular complexity index is 445. The minimum Gasteiger partial charge on any atom is -0.478 e. The van der Waals surface area contributed by atoms with Crippen LogP contribution in [0, 0.1) is 12.8 Å². The third-order valence-corrected chi connectivity index (χ3v) is 3.70. The molecule has 98 valence electrons. The molecule has 0 aromatic carbocycles. The van der Waals surface area contributed by atoms with Gasteiger partial charge in [-0.15, -0.1) is 0 Å². The van der Waals surface area contributed by atoms with E-state index in [1.807, 2.05) is 6.92 Å². The van der Waals surface area contributed by atoms with Crippen molar-refractivity contribution in [3.05, 3.63) is 23.4 Å². The third kappa shape index (κ3) is 2.81. The Kier molecular flexibility index (Phi) is 3.84. The first kappa shape index (κ1) is 12.9. The lowest BCUT2D eigenvalue weighted by Gasteiger charge is -2.30. The SMILES string of the molecule is Cc1ccc(C(=O)O)c(NC2CCCCC2C)n1. The van der Waals surface area contributed by atoms with Crippen LogP contribution in [0.4, 0.5) is 5.82 Å². The highest BCUT2D eigenvalue weighted by Gasteiger charge is 2.23. The fraction of sp³-hybridized carbons (Fsp3) is 0.571. The molecule has 1 aromatic heterocycles. The van der Waals surface area contributed by atoms with Crippen molar-refractivity contribution in [2.45, 2.75) is 45.6 Å². The Morgan fingerprint density at radius 3 is 2.78 bits per heavy atom.